The standard InChI is InChI=1S/C16H32O4/c17-14-15(18)12-10-8-6-4-2-1-3-5-7-9-11-13-16(19)20/h15,17-18H,1-14H2,(H,19,20). The number of rotatable bonds is 15. The van der Waals surface area contributed by atoms with Gasteiger partial charge >= 0.3 is 5.97 Å². The molecule has 0 aliphatic carbocycles. The van der Waals surface area contributed by atoms with Gasteiger partial charge in [-0.1, -0.05) is 64.2 Å². The van der Waals surface area contributed by atoms with E-state index in [4.69, 9.17) is 15.3 Å². The highest BCUT2D eigenvalue weighted by molar-refractivity contribution is 5.66. The minimum Gasteiger partial charge on any atom is -0.481 e. The van der Waals surface area contributed by atoms with E-state index in [1.807, 2.05) is 0 Å². The maximum atomic E-state index is 10.3. The SMILES string of the molecule is O=C(O)CCCCCCCCCCCCCC(O)CO. The Labute approximate surface area is 123 Å². The largest absolute Gasteiger partial charge is 0.481 e. The maximum absolute atomic E-state index is 10.3. The molecular weight excluding hydrogens is 256 g/mol. The topological polar surface area (TPSA) is 77.8 Å². The van der Waals surface area contributed by atoms with Crippen molar-refractivity contribution in [2.45, 2.75) is 89.6 Å². The highest BCUT2D eigenvalue weighted by Crippen LogP contribution is 2.12. The lowest BCUT2D eigenvalue weighted by Gasteiger charge is -2.06. The van der Waals surface area contributed by atoms with Gasteiger partial charge in [0.05, 0.1) is 12.7 Å². The normalized spacial score (nSPS) is 12.5. The van der Waals surface area contributed by atoms with E-state index in [9.17, 15) is 4.79 Å². The molecule has 0 aromatic carbocycles. The molecule has 0 aliphatic heterocycles. The zero-order valence-electron chi connectivity index (χ0n) is 12.7. The van der Waals surface area contributed by atoms with Crippen molar-refractivity contribution in [3.05, 3.63) is 0 Å². The summed E-state index contributed by atoms with van der Waals surface area (Å²) in [6, 6.07) is 0. The fourth-order valence-electron chi connectivity index (χ4n) is 2.34. The lowest BCUT2D eigenvalue weighted by atomic mass is 10.0. The van der Waals surface area contributed by atoms with Crippen molar-refractivity contribution in [2.75, 3.05) is 6.61 Å². The number of carbonyl (C=O) groups is 1. The summed E-state index contributed by atoms with van der Waals surface area (Å²) in [5, 5.41) is 26.3. The van der Waals surface area contributed by atoms with Crippen LogP contribution in [0.2, 0.25) is 0 Å². The molecule has 1 unspecified atom stereocenters. The van der Waals surface area contributed by atoms with Crippen molar-refractivity contribution in [3.63, 3.8) is 0 Å². The van der Waals surface area contributed by atoms with Gasteiger partial charge in [-0.25, -0.2) is 0 Å². The zero-order valence-corrected chi connectivity index (χ0v) is 12.7. The second kappa shape index (κ2) is 14.8. The average molecular weight is 288 g/mol. The Balaban J connectivity index is 3.01. The molecule has 20 heavy (non-hydrogen) atoms. The van der Waals surface area contributed by atoms with Crippen LogP contribution in [0, 0.1) is 0 Å². The molecule has 4 nitrogen and oxygen atoms in total. The molecule has 0 heterocycles. The number of unbranched alkanes of at least 4 members (excludes halogenated alkanes) is 10. The van der Waals surface area contributed by atoms with Crippen LogP contribution in [0.1, 0.15) is 83.5 Å². The number of aliphatic hydroxyl groups excluding tert-OH is 2. The number of aliphatic hydroxyl groups is 2. The molecule has 120 valence electrons. The fraction of sp³-hybridized carbons (Fsp3) is 0.938. The summed E-state index contributed by atoms with van der Waals surface area (Å²) in [6.07, 6.45) is 13.2. The Bertz CT molecular complexity index is 219. The molecule has 0 saturated carbocycles. The summed E-state index contributed by atoms with van der Waals surface area (Å²) < 4.78 is 0. The highest BCUT2D eigenvalue weighted by Gasteiger charge is 2.00. The minimum atomic E-state index is -0.684. The zero-order chi connectivity index (χ0) is 15.1. The van der Waals surface area contributed by atoms with Crippen molar-refractivity contribution in [1.82, 2.24) is 0 Å². The molecule has 0 rings (SSSR count). The molecular formula is C16H32O4. The number of aliphatic carboxylic acids is 1. The van der Waals surface area contributed by atoms with Crippen molar-refractivity contribution in [2.24, 2.45) is 0 Å². The number of hydrogen-bond donors (Lipinski definition) is 3. The lowest BCUT2D eigenvalue weighted by Crippen LogP contribution is -2.10. The van der Waals surface area contributed by atoms with Gasteiger partial charge in [-0.15, -0.1) is 0 Å². The fourth-order valence-corrected chi connectivity index (χ4v) is 2.34. The van der Waals surface area contributed by atoms with Crippen LogP contribution in [0.5, 0.6) is 0 Å². The second-order valence-electron chi connectivity index (χ2n) is 5.66. The predicted molar refractivity (Wildman–Crippen MR) is 80.7 cm³/mol. The van der Waals surface area contributed by atoms with Crippen LogP contribution in [-0.2, 0) is 4.79 Å². The maximum Gasteiger partial charge on any atom is 0.303 e. The summed E-state index contributed by atoms with van der Waals surface area (Å²) >= 11 is 0. The monoisotopic (exact) mass is 288 g/mol. The first kappa shape index (κ1) is 19.4. The van der Waals surface area contributed by atoms with Crippen molar-refractivity contribution in [3.8, 4) is 0 Å². The van der Waals surface area contributed by atoms with E-state index in [1.165, 1.54) is 38.5 Å². The van der Waals surface area contributed by atoms with Crippen LogP contribution in [0.15, 0.2) is 0 Å². The Hall–Kier alpha value is -0.610. The Morgan fingerprint density at radius 2 is 1.15 bits per heavy atom. The Morgan fingerprint density at radius 3 is 1.55 bits per heavy atom. The van der Waals surface area contributed by atoms with Crippen LogP contribution >= 0.6 is 0 Å². The van der Waals surface area contributed by atoms with Crippen LogP contribution in [0.25, 0.3) is 0 Å². The molecule has 0 spiro atoms. The van der Waals surface area contributed by atoms with Crippen LogP contribution in [0.3, 0.4) is 0 Å². The molecule has 3 N–H and O–H groups in total. The van der Waals surface area contributed by atoms with E-state index in [-0.39, 0.29) is 6.61 Å². The summed E-state index contributed by atoms with van der Waals surface area (Å²) in [5.41, 5.74) is 0. The molecule has 1 atom stereocenters. The minimum absolute atomic E-state index is 0.119. The summed E-state index contributed by atoms with van der Waals surface area (Å²) in [6.45, 7) is -0.119. The second-order valence-corrected chi connectivity index (χ2v) is 5.66. The summed E-state index contributed by atoms with van der Waals surface area (Å²) in [7, 11) is 0. The van der Waals surface area contributed by atoms with Crippen LogP contribution in [-0.4, -0.2) is 34.0 Å². The van der Waals surface area contributed by atoms with Crippen molar-refractivity contribution >= 4 is 5.97 Å². The van der Waals surface area contributed by atoms with E-state index in [1.54, 1.807) is 0 Å². The number of carboxylic acids is 1. The van der Waals surface area contributed by atoms with E-state index in [2.05, 4.69) is 0 Å². The molecule has 0 aliphatic rings. The van der Waals surface area contributed by atoms with Gasteiger partial charge < -0.3 is 15.3 Å². The average Bonchev–Trinajstić information content (AvgIpc) is 2.43. The molecule has 0 amide bonds. The highest BCUT2D eigenvalue weighted by atomic mass is 16.4. The van der Waals surface area contributed by atoms with E-state index < -0.39 is 12.1 Å². The Kier molecular flexibility index (Phi) is 14.3. The van der Waals surface area contributed by atoms with E-state index in [0.717, 1.165) is 32.1 Å². The number of hydrogen-bond acceptors (Lipinski definition) is 3. The van der Waals surface area contributed by atoms with Gasteiger partial charge in [0.1, 0.15) is 0 Å². The smallest absolute Gasteiger partial charge is 0.303 e. The third-order valence-electron chi connectivity index (χ3n) is 3.64. The molecule has 0 aromatic rings. The number of carboxylic acid groups (broad SMARTS) is 1. The van der Waals surface area contributed by atoms with Crippen LogP contribution in [0.4, 0.5) is 0 Å². The molecule has 4 heteroatoms. The lowest BCUT2D eigenvalue weighted by molar-refractivity contribution is -0.137. The van der Waals surface area contributed by atoms with Crippen LogP contribution < -0.4 is 0 Å². The molecule has 0 radical (unpaired) electrons. The third kappa shape index (κ3) is 15.4. The van der Waals surface area contributed by atoms with Gasteiger partial charge in [0.2, 0.25) is 0 Å². The third-order valence-corrected chi connectivity index (χ3v) is 3.64. The first-order valence-electron chi connectivity index (χ1n) is 8.17. The summed E-state index contributed by atoms with van der Waals surface area (Å²) in [5.74, 6) is -0.684. The summed E-state index contributed by atoms with van der Waals surface area (Å²) in [4.78, 5) is 10.3. The molecule has 0 aromatic heterocycles. The van der Waals surface area contributed by atoms with Crippen molar-refractivity contribution < 1.29 is 20.1 Å². The van der Waals surface area contributed by atoms with Crippen molar-refractivity contribution in [1.29, 1.82) is 0 Å². The molecule has 0 fully saturated rings. The van der Waals surface area contributed by atoms with Gasteiger partial charge in [-0.2, -0.15) is 0 Å². The van der Waals surface area contributed by atoms with Gasteiger partial charge in [-0.05, 0) is 12.8 Å². The van der Waals surface area contributed by atoms with Gasteiger partial charge in [0, 0.05) is 6.42 Å². The van der Waals surface area contributed by atoms with Gasteiger partial charge in [-0.3, -0.25) is 4.79 Å². The first-order valence-corrected chi connectivity index (χ1v) is 8.17. The Morgan fingerprint density at radius 1 is 0.750 bits per heavy atom. The van der Waals surface area contributed by atoms with E-state index in [0.29, 0.717) is 12.8 Å². The molecule has 0 saturated heterocycles. The molecule has 0 bridgehead atoms. The first-order chi connectivity index (χ1) is 9.66. The van der Waals surface area contributed by atoms with E-state index >= 15 is 0 Å². The van der Waals surface area contributed by atoms with Gasteiger partial charge in [0.15, 0.2) is 0 Å². The van der Waals surface area contributed by atoms with Gasteiger partial charge in [0.25, 0.3) is 0 Å². The predicted octanol–water partition coefficient (Wildman–Crippen LogP) is 3.50. The quantitative estimate of drug-likeness (QED) is 0.403.